The zero-order valence-electron chi connectivity index (χ0n) is 10.7. The Morgan fingerprint density at radius 2 is 1.47 bits per heavy atom. The average Bonchev–Trinajstić information content (AvgIpc) is 2.38. The number of hydrogen-bond donors (Lipinski definition) is 0. The highest BCUT2D eigenvalue weighted by molar-refractivity contribution is 5.73. The van der Waals surface area contributed by atoms with Crippen molar-refractivity contribution in [3.63, 3.8) is 0 Å². The second kappa shape index (κ2) is 6.33. The third-order valence-electron chi connectivity index (χ3n) is 3.65. The van der Waals surface area contributed by atoms with Crippen molar-refractivity contribution in [3.8, 4) is 0 Å². The van der Waals surface area contributed by atoms with Gasteiger partial charge in [0, 0.05) is 59.3 Å². The summed E-state index contributed by atoms with van der Waals surface area (Å²) in [5.74, 6) is 0.206. The van der Waals surface area contributed by atoms with E-state index in [9.17, 15) is 4.79 Å². The summed E-state index contributed by atoms with van der Waals surface area (Å²) in [4.78, 5) is 18.0. The van der Waals surface area contributed by atoms with Crippen LogP contribution in [0.5, 0.6) is 0 Å². The third kappa shape index (κ3) is 3.94. The Hall–Kier alpha value is -0.650. The van der Waals surface area contributed by atoms with Crippen molar-refractivity contribution in [1.82, 2.24) is 14.7 Å². The summed E-state index contributed by atoms with van der Waals surface area (Å²) in [5.41, 5.74) is 0. The van der Waals surface area contributed by atoms with Crippen molar-refractivity contribution in [2.45, 2.75) is 6.92 Å². The molecule has 98 valence electrons. The molecule has 0 saturated carbocycles. The smallest absolute Gasteiger partial charge is 0.219 e. The highest BCUT2D eigenvalue weighted by Gasteiger charge is 2.19. The molecule has 0 N–H and O–H groups in total. The van der Waals surface area contributed by atoms with Crippen LogP contribution in [0.4, 0.5) is 0 Å². The Morgan fingerprint density at radius 3 is 2.00 bits per heavy atom. The maximum absolute atomic E-state index is 11.2. The minimum atomic E-state index is 0.206. The molecule has 0 aliphatic carbocycles. The van der Waals surface area contributed by atoms with Gasteiger partial charge in [0.1, 0.15) is 0 Å². The minimum Gasteiger partial charge on any atom is -0.379 e. The molecule has 0 aromatic heterocycles. The maximum atomic E-state index is 11.2. The van der Waals surface area contributed by atoms with Gasteiger partial charge in [-0.3, -0.25) is 14.6 Å². The quantitative estimate of drug-likeness (QED) is 0.666. The Morgan fingerprint density at radius 1 is 0.941 bits per heavy atom. The maximum Gasteiger partial charge on any atom is 0.219 e. The standard InChI is InChI=1S/C12H23N3O2/c1-12(16)15-6-4-13(5-7-15)2-3-14-8-10-17-11-9-14/h2-11H2,1H3. The topological polar surface area (TPSA) is 36.0 Å². The van der Waals surface area contributed by atoms with Gasteiger partial charge in [0.2, 0.25) is 5.91 Å². The Labute approximate surface area is 103 Å². The molecule has 2 rings (SSSR count). The van der Waals surface area contributed by atoms with Crippen LogP contribution in [0.2, 0.25) is 0 Å². The van der Waals surface area contributed by atoms with Crippen LogP contribution in [-0.2, 0) is 9.53 Å². The summed E-state index contributed by atoms with van der Waals surface area (Å²) in [6.07, 6.45) is 0. The van der Waals surface area contributed by atoms with Gasteiger partial charge in [-0.25, -0.2) is 0 Å². The minimum absolute atomic E-state index is 0.206. The summed E-state index contributed by atoms with van der Waals surface area (Å²) in [6, 6.07) is 0. The normalized spacial score (nSPS) is 23.9. The zero-order valence-corrected chi connectivity index (χ0v) is 10.7. The molecule has 2 saturated heterocycles. The fraction of sp³-hybridized carbons (Fsp3) is 0.917. The van der Waals surface area contributed by atoms with Crippen LogP contribution in [0.3, 0.4) is 0 Å². The molecule has 0 radical (unpaired) electrons. The predicted octanol–water partition coefficient (Wildman–Crippen LogP) is -0.517. The van der Waals surface area contributed by atoms with Crippen LogP contribution >= 0.6 is 0 Å². The lowest BCUT2D eigenvalue weighted by Gasteiger charge is -2.36. The summed E-state index contributed by atoms with van der Waals surface area (Å²) < 4.78 is 5.33. The fourth-order valence-corrected chi connectivity index (χ4v) is 2.39. The number of carbonyl (C=O) groups excluding carboxylic acids is 1. The molecule has 0 aromatic rings. The van der Waals surface area contributed by atoms with Crippen molar-refractivity contribution in [1.29, 1.82) is 0 Å². The number of carbonyl (C=O) groups is 1. The van der Waals surface area contributed by atoms with E-state index in [0.717, 1.165) is 65.6 Å². The van der Waals surface area contributed by atoms with Gasteiger partial charge in [-0.05, 0) is 0 Å². The van der Waals surface area contributed by atoms with Crippen molar-refractivity contribution in [2.24, 2.45) is 0 Å². The van der Waals surface area contributed by atoms with Crippen molar-refractivity contribution in [3.05, 3.63) is 0 Å². The molecule has 0 unspecified atom stereocenters. The molecule has 0 atom stereocenters. The lowest BCUT2D eigenvalue weighted by atomic mass is 10.3. The highest BCUT2D eigenvalue weighted by atomic mass is 16.5. The summed E-state index contributed by atoms with van der Waals surface area (Å²) >= 11 is 0. The van der Waals surface area contributed by atoms with Gasteiger partial charge in [-0.1, -0.05) is 0 Å². The number of ether oxygens (including phenoxy) is 1. The summed E-state index contributed by atoms with van der Waals surface area (Å²) in [7, 11) is 0. The van der Waals surface area contributed by atoms with Crippen LogP contribution in [0.15, 0.2) is 0 Å². The molecule has 2 aliphatic rings. The van der Waals surface area contributed by atoms with E-state index in [4.69, 9.17) is 4.74 Å². The van der Waals surface area contributed by atoms with E-state index in [-0.39, 0.29) is 5.91 Å². The summed E-state index contributed by atoms with van der Waals surface area (Å²) in [6.45, 7) is 11.6. The van der Waals surface area contributed by atoms with Crippen molar-refractivity contribution >= 4 is 5.91 Å². The van der Waals surface area contributed by atoms with E-state index in [1.165, 1.54) is 0 Å². The Kier molecular flexibility index (Phi) is 4.76. The molecule has 0 aromatic carbocycles. The Balaban J connectivity index is 1.62. The molecule has 5 heteroatoms. The molecular weight excluding hydrogens is 218 g/mol. The monoisotopic (exact) mass is 241 g/mol. The number of nitrogens with zero attached hydrogens (tertiary/aromatic N) is 3. The van der Waals surface area contributed by atoms with Gasteiger partial charge in [0.05, 0.1) is 13.2 Å². The predicted molar refractivity (Wildman–Crippen MR) is 66.0 cm³/mol. The first-order chi connectivity index (χ1) is 8.25. The molecule has 0 bridgehead atoms. The van der Waals surface area contributed by atoms with Gasteiger partial charge >= 0.3 is 0 Å². The lowest BCUT2D eigenvalue weighted by Crippen LogP contribution is -2.50. The molecule has 2 fully saturated rings. The molecule has 17 heavy (non-hydrogen) atoms. The van der Waals surface area contributed by atoms with Gasteiger partial charge in [-0.2, -0.15) is 0 Å². The first-order valence-corrected chi connectivity index (χ1v) is 6.53. The number of hydrogen-bond acceptors (Lipinski definition) is 4. The van der Waals surface area contributed by atoms with Crippen molar-refractivity contribution in [2.75, 3.05) is 65.6 Å². The van der Waals surface area contributed by atoms with E-state index < -0.39 is 0 Å². The van der Waals surface area contributed by atoms with Gasteiger partial charge < -0.3 is 9.64 Å². The van der Waals surface area contributed by atoms with Crippen molar-refractivity contribution < 1.29 is 9.53 Å². The van der Waals surface area contributed by atoms with Gasteiger partial charge in [-0.15, -0.1) is 0 Å². The van der Waals surface area contributed by atoms with E-state index in [0.29, 0.717) is 0 Å². The van der Waals surface area contributed by atoms with Gasteiger partial charge in [0.25, 0.3) is 0 Å². The second-order valence-electron chi connectivity index (χ2n) is 4.80. The molecule has 2 heterocycles. The highest BCUT2D eigenvalue weighted by Crippen LogP contribution is 2.03. The van der Waals surface area contributed by atoms with E-state index in [1.54, 1.807) is 6.92 Å². The lowest BCUT2D eigenvalue weighted by molar-refractivity contribution is -0.130. The molecular formula is C12H23N3O2. The van der Waals surface area contributed by atoms with E-state index in [1.807, 2.05) is 4.90 Å². The molecule has 5 nitrogen and oxygen atoms in total. The third-order valence-corrected chi connectivity index (χ3v) is 3.65. The number of rotatable bonds is 3. The van der Waals surface area contributed by atoms with Crippen LogP contribution in [0.25, 0.3) is 0 Å². The largest absolute Gasteiger partial charge is 0.379 e. The van der Waals surface area contributed by atoms with Gasteiger partial charge in [0.15, 0.2) is 0 Å². The van der Waals surface area contributed by atoms with Crippen LogP contribution in [-0.4, -0.2) is 86.2 Å². The second-order valence-corrected chi connectivity index (χ2v) is 4.80. The fourth-order valence-electron chi connectivity index (χ4n) is 2.39. The molecule has 1 amide bonds. The van der Waals surface area contributed by atoms with E-state index in [2.05, 4.69) is 9.80 Å². The van der Waals surface area contributed by atoms with E-state index >= 15 is 0 Å². The number of amides is 1. The van der Waals surface area contributed by atoms with Crippen LogP contribution < -0.4 is 0 Å². The number of morpholine rings is 1. The van der Waals surface area contributed by atoms with Crippen LogP contribution in [0, 0.1) is 0 Å². The first kappa shape index (κ1) is 12.8. The molecule has 0 spiro atoms. The average molecular weight is 241 g/mol. The molecule has 2 aliphatic heterocycles. The first-order valence-electron chi connectivity index (χ1n) is 6.53. The number of piperazine rings is 1. The zero-order chi connectivity index (χ0) is 12.1. The van der Waals surface area contributed by atoms with Crippen LogP contribution in [0.1, 0.15) is 6.92 Å². The SMILES string of the molecule is CC(=O)N1CCN(CCN2CCOCC2)CC1. The summed E-state index contributed by atoms with van der Waals surface area (Å²) in [5, 5.41) is 0. The Bertz CT molecular complexity index is 246.